The molecule has 2 aromatic rings. The highest BCUT2D eigenvalue weighted by Crippen LogP contribution is 2.32. The summed E-state index contributed by atoms with van der Waals surface area (Å²) in [6.45, 7) is 5.37. The van der Waals surface area contributed by atoms with Crippen molar-refractivity contribution in [2.75, 3.05) is 19.0 Å². The Labute approximate surface area is 169 Å². The lowest BCUT2D eigenvalue weighted by Crippen LogP contribution is -2.21. The first-order chi connectivity index (χ1) is 13.7. The molecule has 29 heavy (non-hydrogen) atoms. The van der Waals surface area contributed by atoms with Gasteiger partial charge in [0.25, 0.3) is 5.91 Å². The van der Waals surface area contributed by atoms with Gasteiger partial charge >= 0.3 is 11.7 Å². The SMILES string of the molecule is COc1cc(NC(=O)COC(=O)c2ccc(CC(C)C)cc2)c(C)cc1[N+](=O)[O-]. The number of hydrogen-bond donors (Lipinski definition) is 1. The van der Waals surface area contributed by atoms with Crippen LogP contribution in [0, 0.1) is 23.0 Å². The Kier molecular flexibility index (Phi) is 7.30. The van der Waals surface area contributed by atoms with E-state index in [-0.39, 0.29) is 11.4 Å². The van der Waals surface area contributed by atoms with Gasteiger partial charge in [0, 0.05) is 17.8 Å². The van der Waals surface area contributed by atoms with Crippen LogP contribution in [0.15, 0.2) is 36.4 Å². The Morgan fingerprint density at radius 1 is 1.17 bits per heavy atom. The Balaban J connectivity index is 1.97. The molecule has 0 saturated heterocycles. The first-order valence-electron chi connectivity index (χ1n) is 9.10. The summed E-state index contributed by atoms with van der Waals surface area (Å²) in [4.78, 5) is 34.7. The first-order valence-corrected chi connectivity index (χ1v) is 9.10. The van der Waals surface area contributed by atoms with Crippen LogP contribution < -0.4 is 10.1 Å². The summed E-state index contributed by atoms with van der Waals surface area (Å²) < 4.78 is 10.0. The number of nitro benzene ring substituents is 1. The van der Waals surface area contributed by atoms with Crippen molar-refractivity contribution in [2.45, 2.75) is 27.2 Å². The monoisotopic (exact) mass is 400 g/mol. The van der Waals surface area contributed by atoms with E-state index in [1.165, 1.54) is 19.2 Å². The highest BCUT2D eigenvalue weighted by molar-refractivity contribution is 5.96. The van der Waals surface area contributed by atoms with E-state index in [4.69, 9.17) is 9.47 Å². The van der Waals surface area contributed by atoms with E-state index in [1.54, 1.807) is 19.1 Å². The van der Waals surface area contributed by atoms with Crippen molar-refractivity contribution in [1.29, 1.82) is 0 Å². The number of hydrogen-bond acceptors (Lipinski definition) is 6. The Morgan fingerprint density at radius 3 is 2.38 bits per heavy atom. The Bertz CT molecular complexity index is 906. The maximum Gasteiger partial charge on any atom is 0.338 e. The van der Waals surface area contributed by atoms with Crippen LogP contribution in [0.5, 0.6) is 5.75 Å². The van der Waals surface area contributed by atoms with Crippen LogP contribution >= 0.6 is 0 Å². The zero-order valence-electron chi connectivity index (χ0n) is 16.9. The number of rotatable bonds is 8. The highest BCUT2D eigenvalue weighted by Gasteiger charge is 2.19. The predicted molar refractivity (Wildman–Crippen MR) is 108 cm³/mol. The van der Waals surface area contributed by atoms with Crippen LogP contribution in [0.2, 0.25) is 0 Å². The van der Waals surface area contributed by atoms with Gasteiger partial charge in [0.15, 0.2) is 12.4 Å². The molecule has 154 valence electrons. The fourth-order valence-electron chi connectivity index (χ4n) is 2.76. The summed E-state index contributed by atoms with van der Waals surface area (Å²) in [5, 5.41) is 13.6. The molecule has 0 aliphatic carbocycles. The van der Waals surface area contributed by atoms with Crippen molar-refractivity contribution in [2.24, 2.45) is 5.92 Å². The van der Waals surface area contributed by atoms with E-state index in [0.717, 1.165) is 12.0 Å². The number of esters is 1. The third-order valence-electron chi connectivity index (χ3n) is 4.16. The smallest absolute Gasteiger partial charge is 0.338 e. The fraction of sp³-hybridized carbons (Fsp3) is 0.333. The average molecular weight is 400 g/mol. The molecule has 8 heteroatoms. The number of carbonyl (C=O) groups excluding carboxylic acids is 2. The summed E-state index contributed by atoms with van der Waals surface area (Å²) in [5.41, 5.74) is 2.11. The number of amides is 1. The highest BCUT2D eigenvalue weighted by atomic mass is 16.6. The maximum absolute atomic E-state index is 12.1. The number of nitrogens with zero attached hydrogens (tertiary/aromatic N) is 1. The van der Waals surface area contributed by atoms with E-state index < -0.39 is 23.4 Å². The second-order valence-electron chi connectivity index (χ2n) is 7.02. The van der Waals surface area contributed by atoms with Crippen molar-refractivity contribution in [1.82, 2.24) is 0 Å². The maximum atomic E-state index is 12.1. The van der Waals surface area contributed by atoms with Crippen molar-refractivity contribution in [3.63, 3.8) is 0 Å². The lowest BCUT2D eigenvalue weighted by atomic mass is 10.0. The molecule has 0 radical (unpaired) electrons. The quantitative estimate of drug-likeness (QED) is 0.409. The standard InChI is InChI=1S/C21H24N2O6/c1-13(2)9-15-5-7-16(8-6-15)21(25)29-12-20(24)22-17-11-19(28-4)18(23(26)27)10-14(17)3/h5-8,10-11,13H,9,12H2,1-4H3,(H,22,24). The molecule has 2 aromatic carbocycles. The van der Waals surface area contributed by atoms with Gasteiger partial charge in [-0.2, -0.15) is 0 Å². The average Bonchev–Trinajstić information content (AvgIpc) is 2.67. The van der Waals surface area contributed by atoms with Gasteiger partial charge in [-0.3, -0.25) is 14.9 Å². The summed E-state index contributed by atoms with van der Waals surface area (Å²) in [5.74, 6) is -0.629. The van der Waals surface area contributed by atoms with E-state index in [1.807, 2.05) is 12.1 Å². The third kappa shape index (κ3) is 6.03. The summed E-state index contributed by atoms with van der Waals surface area (Å²) >= 11 is 0. The molecule has 2 rings (SSSR count). The van der Waals surface area contributed by atoms with Crippen LogP contribution in [0.1, 0.15) is 35.3 Å². The van der Waals surface area contributed by atoms with Crippen LogP contribution in [0.4, 0.5) is 11.4 Å². The van der Waals surface area contributed by atoms with E-state index in [9.17, 15) is 19.7 Å². The number of nitrogens with one attached hydrogen (secondary N) is 1. The minimum atomic E-state index is -0.603. The summed E-state index contributed by atoms with van der Waals surface area (Å²) in [6, 6.07) is 9.73. The molecule has 0 aliphatic heterocycles. The number of carbonyl (C=O) groups is 2. The molecule has 0 spiro atoms. The topological polar surface area (TPSA) is 108 Å². The molecule has 0 aromatic heterocycles. The van der Waals surface area contributed by atoms with Gasteiger partial charge in [0.2, 0.25) is 0 Å². The largest absolute Gasteiger partial charge is 0.490 e. The van der Waals surface area contributed by atoms with Crippen molar-refractivity contribution in [3.8, 4) is 5.75 Å². The van der Waals surface area contributed by atoms with Crippen LogP contribution in [0.3, 0.4) is 0 Å². The predicted octanol–water partition coefficient (Wildman–Crippen LogP) is 3.91. The lowest BCUT2D eigenvalue weighted by molar-refractivity contribution is -0.385. The number of aryl methyl sites for hydroxylation is 1. The van der Waals surface area contributed by atoms with Crippen LogP contribution in [0.25, 0.3) is 0 Å². The van der Waals surface area contributed by atoms with Crippen LogP contribution in [-0.2, 0) is 16.0 Å². The number of ether oxygens (including phenoxy) is 2. The van der Waals surface area contributed by atoms with Gasteiger partial charge in [-0.05, 0) is 42.5 Å². The molecule has 0 bridgehead atoms. The molecule has 0 aliphatic rings. The minimum absolute atomic E-state index is 0.0226. The van der Waals surface area contributed by atoms with Gasteiger partial charge < -0.3 is 14.8 Å². The second kappa shape index (κ2) is 9.68. The number of benzene rings is 2. The van der Waals surface area contributed by atoms with Crippen LogP contribution in [-0.4, -0.2) is 30.5 Å². The molecule has 1 N–H and O–H groups in total. The Hall–Kier alpha value is -3.42. The molecule has 0 heterocycles. The lowest BCUT2D eigenvalue weighted by Gasteiger charge is -2.11. The second-order valence-corrected chi connectivity index (χ2v) is 7.02. The zero-order chi connectivity index (χ0) is 21.6. The van der Waals surface area contributed by atoms with Gasteiger partial charge in [-0.1, -0.05) is 26.0 Å². The van der Waals surface area contributed by atoms with Crippen molar-refractivity contribution < 1.29 is 24.0 Å². The summed E-state index contributed by atoms with van der Waals surface area (Å²) in [6.07, 6.45) is 0.912. The molecular weight excluding hydrogens is 376 g/mol. The fourth-order valence-corrected chi connectivity index (χ4v) is 2.76. The van der Waals surface area contributed by atoms with Crippen molar-refractivity contribution in [3.05, 3.63) is 63.2 Å². The molecule has 0 fully saturated rings. The van der Waals surface area contributed by atoms with E-state index >= 15 is 0 Å². The number of anilines is 1. The Morgan fingerprint density at radius 2 is 1.83 bits per heavy atom. The summed E-state index contributed by atoms with van der Waals surface area (Å²) in [7, 11) is 1.30. The molecule has 0 atom stereocenters. The normalized spacial score (nSPS) is 10.5. The van der Waals surface area contributed by atoms with E-state index in [2.05, 4.69) is 19.2 Å². The van der Waals surface area contributed by atoms with Gasteiger partial charge in [-0.15, -0.1) is 0 Å². The zero-order valence-corrected chi connectivity index (χ0v) is 16.9. The molecule has 1 amide bonds. The van der Waals surface area contributed by atoms with Gasteiger partial charge in [-0.25, -0.2) is 4.79 Å². The van der Waals surface area contributed by atoms with E-state index in [0.29, 0.717) is 22.7 Å². The molecule has 8 nitrogen and oxygen atoms in total. The molecule has 0 saturated carbocycles. The number of nitro groups is 1. The van der Waals surface area contributed by atoms with Gasteiger partial charge in [0.05, 0.1) is 17.6 Å². The number of methoxy groups -OCH3 is 1. The molecule has 0 unspecified atom stereocenters. The van der Waals surface area contributed by atoms with Gasteiger partial charge in [0.1, 0.15) is 0 Å². The minimum Gasteiger partial charge on any atom is -0.490 e. The third-order valence-corrected chi connectivity index (χ3v) is 4.16. The molecular formula is C21H24N2O6. The first kappa shape index (κ1) is 21.9. The van der Waals surface area contributed by atoms with Crippen molar-refractivity contribution >= 4 is 23.3 Å².